The second kappa shape index (κ2) is 3.75. The third kappa shape index (κ3) is 3.03. The number of aromatic nitrogens is 1. The van der Waals surface area contributed by atoms with E-state index in [1.807, 2.05) is 19.9 Å². The van der Waals surface area contributed by atoms with Crippen LogP contribution in [0.15, 0.2) is 18.5 Å². The minimum absolute atomic E-state index is 0.214. The molecule has 0 bridgehead atoms. The Morgan fingerprint density at radius 2 is 2.23 bits per heavy atom. The lowest BCUT2D eigenvalue weighted by atomic mass is 9.96. The second-order valence-electron chi connectivity index (χ2n) is 3.85. The summed E-state index contributed by atoms with van der Waals surface area (Å²) in [7, 11) is 1.64. The lowest BCUT2D eigenvalue weighted by Gasteiger charge is -2.19. The first-order valence-electron chi connectivity index (χ1n) is 4.29. The van der Waals surface area contributed by atoms with Crippen LogP contribution in [-0.4, -0.2) is 17.6 Å². The number of nitrogens with two attached hydrogens (primary N) is 1. The summed E-state index contributed by atoms with van der Waals surface area (Å²) in [5.74, 6) is 0.807. The van der Waals surface area contributed by atoms with Crippen LogP contribution in [0.3, 0.4) is 0 Å². The average molecular weight is 180 g/mol. The Morgan fingerprint density at radius 1 is 1.54 bits per heavy atom. The fraction of sp³-hybridized carbons (Fsp3) is 0.500. The minimum Gasteiger partial charge on any atom is -0.495 e. The molecule has 0 aliphatic rings. The van der Waals surface area contributed by atoms with E-state index in [0.717, 1.165) is 17.7 Å². The molecule has 0 saturated carbocycles. The van der Waals surface area contributed by atoms with Crippen molar-refractivity contribution in [2.24, 2.45) is 5.73 Å². The Balaban J connectivity index is 2.87. The van der Waals surface area contributed by atoms with Crippen molar-refractivity contribution in [1.29, 1.82) is 0 Å². The highest BCUT2D eigenvalue weighted by atomic mass is 16.5. The molecule has 0 fully saturated rings. The molecule has 0 saturated heterocycles. The predicted molar refractivity (Wildman–Crippen MR) is 52.8 cm³/mol. The number of hydrogen-bond donors (Lipinski definition) is 1. The topological polar surface area (TPSA) is 48.1 Å². The molecule has 3 nitrogen and oxygen atoms in total. The third-order valence-electron chi connectivity index (χ3n) is 1.74. The second-order valence-corrected chi connectivity index (χ2v) is 3.85. The van der Waals surface area contributed by atoms with E-state index in [2.05, 4.69) is 4.98 Å². The first-order chi connectivity index (χ1) is 6.03. The Morgan fingerprint density at radius 3 is 2.77 bits per heavy atom. The molecule has 0 radical (unpaired) electrons. The molecule has 0 atom stereocenters. The maximum Gasteiger partial charge on any atom is 0.140 e. The van der Waals surface area contributed by atoms with E-state index in [1.54, 1.807) is 19.5 Å². The number of methoxy groups -OCH3 is 1. The van der Waals surface area contributed by atoms with Crippen molar-refractivity contribution in [1.82, 2.24) is 4.98 Å². The van der Waals surface area contributed by atoms with Crippen molar-refractivity contribution in [2.75, 3.05) is 7.11 Å². The Bertz CT molecular complexity index is 278. The van der Waals surface area contributed by atoms with Gasteiger partial charge in [0.1, 0.15) is 5.75 Å². The van der Waals surface area contributed by atoms with Gasteiger partial charge in [-0.25, -0.2) is 0 Å². The molecule has 0 unspecified atom stereocenters. The minimum atomic E-state index is -0.214. The number of hydrogen-bond acceptors (Lipinski definition) is 3. The molecule has 0 aliphatic carbocycles. The summed E-state index contributed by atoms with van der Waals surface area (Å²) >= 11 is 0. The van der Waals surface area contributed by atoms with Gasteiger partial charge in [0.25, 0.3) is 0 Å². The highest BCUT2D eigenvalue weighted by Gasteiger charge is 2.14. The van der Waals surface area contributed by atoms with Crippen LogP contribution in [0.5, 0.6) is 5.75 Å². The summed E-state index contributed by atoms with van der Waals surface area (Å²) in [5, 5.41) is 0. The van der Waals surface area contributed by atoms with Crippen molar-refractivity contribution in [3.8, 4) is 5.75 Å². The number of rotatable bonds is 3. The van der Waals surface area contributed by atoms with Gasteiger partial charge >= 0.3 is 0 Å². The largest absolute Gasteiger partial charge is 0.495 e. The van der Waals surface area contributed by atoms with Gasteiger partial charge in [-0.2, -0.15) is 0 Å². The SMILES string of the molecule is COc1cnccc1CC(C)(C)N. The van der Waals surface area contributed by atoms with E-state index in [4.69, 9.17) is 10.5 Å². The van der Waals surface area contributed by atoms with Crippen molar-refractivity contribution in [2.45, 2.75) is 25.8 Å². The molecular weight excluding hydrogens is 164 g/mol. The van der Waals surface area contributed by atoms with Crippen molar-refractivity contribution in [3.05, 3.63) is 24.0 Å². The van der Waals surface area contributed by atoms with Gasteiger partial charge in [-0.3, -0.25) is 4.98 Å². The normalized spacial score (nSPS) is 11.4. The number of nitrogens with zero attached hydrogens (tertiary/aromatic N) is 1. The highest BCUT2D eigenvalue weighted by Crippen LogP contribution is 2.19. The van der Waals surface area contributed by atoms with Crippen LogP contribution < -0.4 is 10.5 Å². The number of pyridine rings is 1. The van der Waals surface area contributed by atoms with Crippen LogP contribution in [-0.2, 0) is 6.42 Å². The molecule has 72 valence electrons. The Kier molecular flexibility index (Phi) is 2.88. The fourth-order valence-corrected chi connectivity index (χ4v) is 1.23. The molecule has 0 amide bonds. The molecule has 0 aromatic carbocycles. The first kappa shape index (κ1) is 9.99. The molecule has 3 heteroatoms. The highest BCUT2D eigenvalue weighted by molar-refractivity contribution is 5.31. The summed E-state index contributed by atoms with van der Waals surface area (Å²) in [5.41, 5.74) is 6.80. The zero-order valence-electron chi connectivity index (χ0n) is 8.37. The Labute approximate surface area is 78.9 Å². The van der Waals surface area contributed by atoms with Gasteiger partial charge < -0.3 is 10.5 Å². The van der Waals surface area contributed by atoms with Crippen LogP contribution in [0.25, 0.3) is 0 Å². The summed E-state index contributed by atoms with van der Waals surface area (Å²) < 4.78 is 5.17. The van der Waals surface area contributed by atoms with Crippen LogP contribution in [0.2, 0.25) is 0 Å². The zero-order chi connectivity index (χ0) is 9.90. The molecule has 1 heterocycles. The van der Waals surface area contributed by atoms with Crippen LogP contribution in [0, 0.1) is 0 Å². The van der Waals surface area contributed by atoms with E-state index < -0.39 is 0 Å². The lowest BCUT2D eigenvalue weighted by molar-refractivity contribution is 0.400. The summed E-state index contributed by atoms with van der Waals surface area (Å²) in [6, 6.07) is 1.94. The molecule has 1 rings (SSSR count). The molecular formula is C10H16N2O. The Hall–Kier alpha value is -1.09. The molecule has 13 heavy (non-hydrogen) atoms. The first-order valence-corrected chi connectivity index (χ1v) is 4.29. The van der Waals surface area contributed by atoms with Gasteiger partial charge in [0.05, 0.1) is 13.3 Å². The van der Waals surface area contributed by atoms with E-state index in [-0.39, 0.29) is 5.54 Å². The van der Waals surface area contributed by atoms with E-state index in [1.165, 1.54) is 0 Å². The van der Waals surface area contributed by atoms with Gasteiger partial charge in [-0.15, -0.1) is 0 Å². The van der Waals surface area contributed by atoms with E-state index in [0.29, 0.717) is 0 Å². The van der Waals surface area contributed by atoms with E-state index >= 15 is 0 Å². The average Bonchev–Trinajstić information content (AvgIpc) is 2.02. The zero-order valence-corrected chi connectivity index (χ0v) is 8.37. The molecule has 1 aromatic heterocycles. The van der Waals surface area contributed by atoms with Gasteiger partial charge in [-0.1, -0.05) is 0 Å². The molecule has 0 aliphatic heterocycles. The summed E-state index contributed by atoms with van der Waals surface area (Å²) in [4.78, 5) is 3.98. The third-order valence-corrected chi connectivity index (χ3v) is 1.74. The van der Waals surface area contributed by atoms with Crippen LogP contribution in [0.1, 0.15) is 19.4 Å². The van der Waals surface area contributed by atoms with Crippen LogP contribution >= 0.6 is 0 Å². The van der Waals surface area contributed by atoms with Gasteiger partial charge in [-0.05, 0) is 31.9 Å². The number of ether oxygens (including phenoxy) is 1. The smallest absolute Gasteiger partial charge is 0.140 e. The van der Waals surface area contributed by atoms with Gasteiger partial charge in [0.2, 0.25) is 0 Å². The van der Waals surface area contributed by atoms with Crippen LogP contribution in [0.4, 0.5) is 0 Å². The lowest BCUT2D eigenvalue weighted by Crippen LogP contribution is -2.34. The molecule has 2 N–H and O–H groups in total. The van der Waals surface area contributed by atoms with Crippen molar-refractivity contribution in [3.63, 3.8) is 0 Å². The van der Waals surface area contributed by atoms with E-state index in [9.17, 15) is 0 Å². The molecule has 0 spiro atoms. The monoisotopic (exact) mass is 180 g/mol. The van der Waals surface area contributed by atoms with Crippen molar-refractivity contribution < 1.29 is 4.74 Å². The molecule has 1 aromatic rings. The van der Waals surface area contributed by atoms with Gasteiger partial charge in [0.15, 0.2) is 0 Å². The maximum atomic E-state index is 5.92. The van der Waals surface area contributed by atoms with Crippen molar-refractivity contribution >= 4 is 0 Å². The van der Waals surface area contributed by atoms with Gasteiger partial charge in [0, 0.05) is 11.7 Å². The quantitative estimate of drug-likeness (QED) is 0.764. The fourth-order valence-electron chi connectivity index (χ4n) is 1.23. The summed E-state index contributed by atoms with van der Waals surface area (Å²) in [6.07, 6.45) is 4.25. The maximum absolute atomic E-state index is 5.92. The predicted octanol–water partition coefficient (Wildman–Crippen LogP) is 1.37. The standard InChI is InChI=1S/C10H16N2O/c1-10(2,11)6-8-4-5-12-7-9(8)13-3/h4-5,7H,6,11H2,1-3H3. The summed E-state index contributed by atoms with van der Waals surface area (Å²) in [6.45, 7) is 3.99.